The fourth-order valence-corrected chi connectivity index (χ4v) is 4.04. The summed E-state index contributed by atoms with van der Waals surface area (Å²) in [6, 6.07) is 9.57. The average Bonchev–Trinajstić information content (AvgIpc) is 2.69. The van der Waals surface area contributed by atoms with Gasteiger partial charge in [-0.15, -0.1) is 0 Å². The van der Waals surface area contributed by atoms with Crippen LogP contribution in [0.5, 0.6) is 0 Å². The smallest absolute Gasteiger partial charge is 0.256 e. The first kappa shape index (κ1) is 18.9. The van der Waals surface area contributed by atoms with Crippen LogP contribution in [0.4, 0.5) is 0 Å². The monoisotopic (exact) mass is 358 g/mol. The molecule has 2 saturated heterocycles. The van der Waals surface area contributed by atoms with Crippen molar-refractivity contribution in [3.63, 3.8) is 0 Å². The second-order valence-electron chi connectivity index (χ2n) is 7.66. The summed E-state index contributed by atoms with van der Waals surface area (Å²) in [5, 5.41) is 0. The molecule has 0 bridgehead atoms. The van der Waals surface area contributed by atoms with Crippen molar-refractivity contribution in [2.24, 2.45) is 11.8 Å². The van der Waals surface area contributed by atoms with Gasteiger partial charge in [-0.05, 0) is 37.2 Å². The molecule has 2 heterocycles. The topological polar surface area (TPSA) is 49.9 Å². The van der Waals surface area contributed by atoms with Gasteiger partial charge in [0.25, 0.3) is 5.91 Å². The normalized spacial score (nSPS) is 22.9. The molecule has 0 radical (unpaired) electrons. The molecule has 2 fully saturated rings. The van der Waals surface area contributed by atoms with Crippen LogP contribution in [0, 0.1) is 11.8 Å². The molecule has 2 amide bonds. The van der Waals surface area contributed by atoms with Crippen LogP contribution in [0.15, 0.2) is 30.3 Å². The molecule has 1 aromatic rings. The summed E-state index contributed by atoms with van der Waals surface area (Å²) in [4.78, 5) is 29.7. The maximum absolute atomic E-state index is 13.0. The van der Waals surface area contributed by atoms with E-state index in [0.29, 0.717) is 19.0 Å². The number of ether oxygens (including phenoxy) is 1. The summed E-state index contributed by atoms with van der Waals surface area (Å²) in [5.74, 6) is 0.817. The highest BCUT2D eigenvalue weighted by Crippen LogP contribution is 2.26. The van der Waals surface area contributed by atoms with E-state index in [2.05, 4.69) is 6.92 Å². The zero-order chi connectivity index (χ0) is 18.5. The van der Waals surface area contributed by atoms with Crippen LogP contribution in [0.2, 0.25) is 0 Å². The summed E-state index contributed by atoms with van der Waals surface area (Å²) in [6.45, 7) is 5.17. The fraction of sp³-hybridized carbons (Fsp3) is 0.619. The van der Waals surface area contributed by atoms with Gasteiger partial charge in [0, 0.05) is 33.3 Å². The third-order valence-corrected chi connectivity index (χ3v) is 5.74. The van der Waals surface area contributed by atoms with Crippen molar-refractivity contribution < 1.29 is 14.3 Å². The van der Waals surface area contributed by atoms with E-state index in [-0.39, 0.29) is 17.7 Å². The minimum absolute atomic E-state index is 0.0385. The largest absolute Gasteiger partial charge is 0.367 e. The third-order valence-electron chi connectivity index (χ3n) is 5.74. The number of hydrogen-bond donors (Lipinski definition) is 0. The van der Waals surface area contributed by atoms with Gasteiger partial charge in [0.2, 0.25) is 5.91 Å². The van der Waals surface area contributed by atoms with Crippen LogP contribution in [0.25, 0.3) is 0 Å². The molecule has 0 N–H and O–H groups in total. The van der Waals surface area contributed by atoms with E-state index < -0.39 is 6.10 Å². The number of hydrogen-bond acceptors (Lipinski definition) is 3. The summed E-state index contributed by atoms with van der Waals surface area (Å²) in [7, 11) is 1.57. The number of carbonyl (C=O) groups excluding carboxylic acids is 2. The number of carbonyl (C=O) groups is 2. The van der Waals surface area contributed by atoms with Gasteiger partial charge < -0.3 is 14.5 Å². The van der Waals surface area contributed by atoms with Gasteiger partial charge in [-0.1, -0.05) is 37.3 Å². The molecule has 2 atom stereocenters. The number of methoxy groups -OCH3 is 1. The van der Waals surface area contributed by atoms with Gasteiger partial charge in [-0.2, -0.15) is 0 Å². The van der Waals surface area contributed by atoms with Crippen molar-refractivity contribution in [2.45, 2.75) is 38.7 Å². The van der Waals surface area contributed by atoms with Crippen LogP contribution in [0.3, 0.4) is 0 Å². The molecule has 26 heavy (non-hydrogen) atoms. The molecule has 0 saturated carbocycles. The van der Waals surface area contributed by atoms with Gasteiger partial charge in [-0.25, -0.2) is 0 Å². The van der Waals surface area contributed by atoms with Gasteiger partial charge >= 0.3 is 0 Å². The van der Waals surface area contributed by atoms with Crippen molar-refractivity contribution in [1.82, 2.24) is 9.80 Å². The highest BCUT2D eigenvalue weighted by molar-refractivity contribution is 5.84. The average molecular weight is 358 g/mol. The summed E-state index contributed by atoms with van der Waals surface area (Å²) >= 11 is 0. The standard InChI is InChI=1S/C21H30N2O3/c1-16-10-13-22(14-11-16)20(24)18-9-6-12-23(15-18)21(25)19(26-2)17-7-4-3-5-8-17/h3-5,7-8,16,18-19H,6,9-15H2,1-2H3/t18-,19+/m0/s1. The molecule has 0 spiro atoms. The molecule has 5 nitrogen and oxygen atoms in total. The SMILES string of the molecule is CO[C@@H](C(=O)N1CCC[C@H](C(=O)N2CCC(C)CC2)C1)c1ccccc1. The van der Waals surface area contributed by atoms with Gasteiger partial charge in [0.1, 0.15) is 0 Å². The van der Waals surface area contributed by atoms with Crippen LogP contribution in [0.1, 0.15) is 44.3 Å². The van der Waals surface area contributed by atoms with E-state index in [1.165, 1.54) is 0 Å². The van der Waals surface area contributed by atoms with Crippen molar-refractivity contribution >= 4 is 11.8 Å². The van der Waals surface area contributed by atoms with E-state index in [4.69, 9.17) is 4.74 Å². The maximum Gasteiger partial charge on any atom is 0.256 e. The molecule has 0 unspecified atom stereocenters. The van der Waals surface area contributed by atoms with E-state index in [1.54, 1.807) is 7.11 Å². The molecule has 142 valence electrons. The Bertz CT molecular complexity index is 611. The van der Waals surface area contributed by atoms with Gasteiger partial charge in [0.05, 0.1) is 5.92 Å². The summed E-state index contributed by atoms with van der Waals surface area (Å²) < 4.78 is 5.49. The lowest BCUT2D eigenvalue weighted by Crippen LogP contribution is -2.49. The second-order valence-corrected chi connectivity index (χ2v) is 7.66. The minimum atomic E-state index is -0.596. The Morgan fingerprint density at radius 3 is 2.38 bits per heavy atom. The molecular formula is C21H30N2O3. The van der Waals surface area contributed by atoms with Crippen LogP contribution < -0.4 is 0 Å². The maximum atomic E-state index is 13.0. The van der Waals surface area contributed by atoms with E-state index in [1.807, 2.05) is 40.1 Å². The fourth-order valence-electron chi connectivity index (χ4n) is 4.04. The molecule has 1 aromatic carbocycles. The van der Waals surface area contributed by atoms with Crippen molar-refractivity contribution in [3.05, 3.63) is 35.9 Å². The zero-order valence-corrected chi connectivity index (χ0v) is 15.9. The Kier molecular flexibility index (Phi) is 6.30. The molecular weight excluding hydrogens is 328 g/mol. The van der Waals surface area contributed by atoms with E-state index in [9.17, 15) is 9.59 Å². The molecule has 5 heteroatoms. The van der Waals surface area contributed by atoms with Gasteiger partial charge in [-0.3, -0.25) is 9.59 Å². The van der Waals surface area contributed by atoms with Crippen LogP contribution in [-0.2, 0) is 14.3 Å². The number of rotatable bonds is 4. The first-order valence-electron chi connectivity index (χ1n) is 9.75. The van der Waals surface area contributed by atoms with Gasteiger partial charge in [0.15, 0.2) is 6.10 Å². The Labute approximate surface area is 156 Å². The molecule has 0 aliphatic carbocycles. The predicted octanol–water partition coefficient (Wildman–Crippen LogP) is 2.87. The third kappa shape index (κ3) is 4.26. The van der Waals surface area contributed by atoms with Crippen molar-refractivity contribution in [3.8, 4) is 0 Å². The molecule has 2 aliphatic rings. The Balaban J connectivity index is 1.64. The summed E-state index contributed by atoms with van der Waals surface area (Å²) in [5.41, 5.74) is 0.860. The lowest BCUT2D eigenvalue weighted by Gasteiger charge is -2.38. The van der Waals surface area contributed by atoms with Crippen molar-refractivity contribution in [2.75, 3.05) is 33.3 Å². The number of nitrogens with zero attached hydrogens (tertiary/aromatic N) is 2. The lowest BCUT2D eigenvalue weighted by molar-refractivity contribution is -0.147. The minimum Gasteiger partial charge on any atom is -0.367 e. The quantitative estimate of drug-likeness (QED) is 0.832. The van der Waals surface area contributed by atoms with Crippen LogP contribution in [-0.4, -0.2) is 54.9 Å². The summed E-state index contributed by atoms with van der Waals surface area (Å²) in [6.07, 6.45) is 3.32. The Hall–Kier alpha value is -1.88. The lowest BCUT2D eigenvalue weighted by atomic mass is 9.93. The Morgan fingerprint density at radius 1 is 1.04 bits per heavy atom. The molecule has 0 aromatic heterocycles. The first-order valence-corrected chi connectivity index (χ1v) is 9.75. The first-order chi connectivity index (χ1) is 12.6. The number of likely N-dealkylation sites (tertiary alicyclic amines) is 2. The van der Waals surface area contributed by atoms with E-state index >= 15 is 0 Å². The van der Waals surface area contributed by atoms with E-state index in [0.717, 1.165) is 44.3 Å². The number of amides is 2. The predicted molar refractivity (Wildman–Crippen MR) is 100 cm³/mol. The van der Waals surface area contributed by atoms with Crippen LogP contribution >= 0.6 is 0 Å². The highest BCUT2D eigenvalue weighted by atomic mass is 16.5. The Morgan fingerprint density at radius 2 is 1.73 bits per heavy atom. The second kappa shape index (κ2) is 8.67. The highest BCUT2D eigenvalue weighted by Gasteiger charge is 2.34. The molecule has 2 aliphatic heterocycles. The number of benzene rings is 1. The zero-order valence-electron chi connectivity index (χ0n) is 15.9. The molecule has 3 rings (SSSR count). The number of piperidine rings is 2. The van der Waals surface area contributed by atoms with Crippen molar-refractivity contribution in [1.29, 1.82) is 0 Å².